The number of hydrogen-bond acceptors (Lipinski definition) is 6. The van der Waals surface area contributed by atoms with Crippen molar-refractivity contribution in [1.82, 2.24) is 0 Å². The minimum Gasteiger partial charge on any atom is -0.375 e. The molecule has 0 fully saturated rings. The van der Waals surface area contributed by atoms with Gasteiger partial charge in [0.1, 0.15) is 23.9 Å². The molecule has 0 spiro atoms. The second kappa shape index (κ2) is 21.9. The highest BCUT2D eigenvalue weighted by molar-refractivity contribution is 5.47. The summed E-state index contributed by atoms with van der Waals surface area (Å²) < 4.78 is 34.7. The summed E-state index contributed by atoms with van der Waals surface area (Å²) in [5.41, 5.74) is 13.3. The maximum absolute atomic E-state index is 7.47. The summed E-state index contributed by atoms with van der Waals surface area (Å²) in [5, 5.41) is 0. The quantitative estimate of drug-likeness (QED) is 0.0691. The molecular weight excluding hydrogens is 731 g/mol. The van der Waals surface area contributed by atoms with Crippen LogP contribution in [0.1, 0.15) is 38.9 Å². The fourth-order valence-corrected chi connectivity index (χ4v) is 7.38. The molecule has 0 radical (unpaired) electrons. The van der Waals surface area contributed by atoms with Crippen molar-refractivity contribution < 1.29 is 23.7 Å². The summed E-state index contributed by atoms with van der Waals surface area (Å²) in [4.78, 5) is 0. The molecule has 59 heavy (non-hydrogen) atoms. The molecule has 0 amide bonds. The van der Waals surface area contributed by atoms with Crippen LogP contribution < -0.4 is 5.73 Å². The van der Waals surface area contributed by atoms with Crippen LogP contribution in [0.3, 0.4) is 0 Å². The number of ether oxygens (including phenoxy) is 5. The van der Waals surface area contributed by atoms with Crippen LogP contribution in [0, 0.1) is 0 Å². The first-order chi connectivity index (χ1) is 29.2. The van der Waals surface area contributed by atoms with E-state index < -0.39 is 30.0 Å². The molecule has 7 rings (SSSR count). The fourth-order valence-electron chi connectivity index (χ4n) is 7.38. The van der Waals surface area contributed by atoms with Crippen molar-refractivity contribution in [1.29, 1.82) is 0 Å². The lowest BCUT2D eigenvalue weighted by molar-refractivity contribution is -0.183. The largest absolute Gasteiger partial charge is 0.375 e. The Labute approximate surface area is 349 Å². The molecular formula is C53H53NO5. The molecule has 4 atom stereocenters. The zero-order valence-electron chi connectivity index (χ0n) is 33.4. The summed E-state index contributed by atoms with van der Waals surface area (Å²) in [6.07, 6.45) is -2.02. The average Bonchev–Trinajstić information content (AvgIpc) is 3.31. The first kappa shape index (κ1) is 41.5. The topological polar surface area (TPSA) is 72.2 Å². The zero-order valence-corrected chi connectivity index (χ0v) is 33.4. The Morgan fingerprint density at radius 3 is 1.07 bits per heavy atom. The monoisotopic (exact) mass is 783 g/mol. The number of hydrogen-bond donors (Lipinski definition) is 1. The lowest BCUT2D eigenvalue weighted by Crippen LogP contribution is -2.55. The summed E-state index contributed by atoms with van der Waals surface area (Å²) >= 11 is 0. The van der Waals surface area contributed by atoms with Gasteiger partial charge in [0.25, 0.3) is 0 Å². The third-order valence-electron chi connectivity index (χ3n) is 10.4. The predicted octanol–water partition coefficient (Wildman–Crippen LogP) is 10.3. The van der Waals surface area contributed by atoms with E-state index in [0.29, 0.717) is 26.4 Å². The maximum Gasteiger partial charge on any atom is 0.143 e. The van der Waals surface area contributed by atoms with Gasteiger partial charge in [-0.2, -0.15) is 0 Å². The zero-order chi connectivity index (χ0) is 40.4. The molecule has 0 aliphatic carbocycles. The molecule has 2 N–H and O–H groups in total. The van der Waals surface area contributed by atoms with Crippen LogP contribution in [0.25, 0.3) is 0 Å². The molecule has 0 unspecified atom stereocenters. The molecule has 0 heterocycles. The Bertz CT molecular complexity index is 2080. The lowest BCUT2D eigenvalue weighted by atomic mass is 9.80. The van der Waals surface area contributed by atoms with Gasteiger partial charge in [-0.3, -0.25) is 0 Å². The Hall–Kier alpha value is -5.70. The van der Waals surface area contributed by atoms with Gasteiger partial charge in [-0.15, -0.1) is 0 Å². The van der Waals surface area contributed by atoms with Crippen molar-refractivity contribution in [3.63, 3.8) is 0 Å². The second-order valence-corrected chi connectivity index (χ2v) is 14.6. The molecule has 6 heteroatoms. The SMILES string of the molecule is N[C@H](COCc1ccccc1)[C@@H](OCc1ccccc1)[C@H](OCc1ccccc1)[C@H](COC(c1ccccc1)(c1ccccc1)c1ccccc1)OCc1ccccc1. The van der Waals surface area contributed by atoms with Crippen LogP contribution in [0.15, 0.2) is 212 Å². The molecule has 0 saturated heterocycles. The third kappa shape index (κ3) is 11.5. The van der Waals surface area contributed by atoms with Crippen LogP contribution >= 0.6 is 0 Å². The Morgan fingerprint density at radius 2 is 0.678 bits per heavy atom. The van der Waals surface area contributed by atoms with E-state index >= 15 is 0 Å². The lowest BCUT2D eigenvalue weighted by Gasteiger charge is -2.40. The molecule has 0 aromatic heterocycles. The van der Waals surface area contributed by atoms with Crippen molar-refractivity contribution in [3.8, 4) is 0 Å². The molecule has 0 aliphatic heterocycles. The first-order valence-electron chi connectivity index (χ1n) is 20.3. The van der Waals surface area contributed by atoms with Gasteiger partial charge in [0, 0.05) is 0 Å². The van der Waals surface area contributed by atoms with E-state index in [0.717, 1.165) is 38.9 Å². The van der Waals surface area contributed by atoms with E-state index in [1.54, 1.807) is 0 Å². The highest BCUT2D eigenvalue weighted by Gasteiger charge is 2.42. The van der Waals surface area contributed by atoms with Gasteiger partial charge < -0.3 is 29.4 Å². The van der Waals surface area contributed by atoms with Gasteiger partial charge in [0.15, 0.2) is 0 Å². The number of nitrogens with two attached hydrogens (primary N) is 1. The van der Waals surface area contributed by atoms with Gasteiger partial charge in [0.2, 0.25) is 0 Å². The van der Waals surface area contributed by atoms with E-state index in [4.69, 9.17) is 29.4 Å². The van der Waals surface area contributed by atoms with Gasteiger partial charge in [-0.05, 0) is 38.9 Å². The molecule has 6 nitrogen and oxygen atoms in total. The van der Waals surface area contributed by atoms with Crippen LogP contribution in [-0.2, 0) is 55.7 Å². The molecule has 0 bridgehead atoms. The minimum atomic E-state index is -0.997. The van der Waals surface area contributed by atoms with Crippen LogP contribution in [-0.4, -0.2) is 37.6 Å². The van der Waals surface area contributed by atoms with Crippen LogP contribution in [0.2, 0.25) is 0 Å². The summed E-state index contributed by atoms with van der Waals surface area (Å²) in [6.45, 7) is 1.72. The molecule has 0 aliphatic rings. The van der Waals surface area contributed by atoms with Crippen molar-refractivity contribution in [3.05, 3.63) is 251 Å². The highest BCUT2D eigenvalue weighted by Crippen LogP contribution is 2.41. The minimum absolute atomic E-state index is 0.133. The maximum atomic E-state index is 7.47. The fraction of sp³-hybridized carbons (Fsp3) is 0.208. The van der Waals surface area contributed by atoms with Crippen LogP contribution in [0.5, 0.6) is 0 Å². The van der Waals surface area contributed by atoms with Crippen molar-refractivity contribution in [2.45, 2.75) is 56.4 Å². The van der Waals surface area contributed by atoms with Gasteiger partial charge in [-0.1, -0.05) is 212 Å². The van der Waals surface area contributed by atoms with Crippen molar-refractivity contribution >= 4 is 0 Å². The molecule has 7 aromatic rings. The standard InChI is InChI=1S/C53H53NO5/c54-49(40-55-36-42-22-8-1-9-23-42)51(57-38-44-26-12-3-13-27-44)52(58-39-45-28-14-4-15-29-45)50(56-37-43-24-10-2-11-25-43)41-59-53(46-30-16-5-17-31-46,47-32-18-6-19-33-47)48-34-20-7-21-35-48/h1-35,49-52H,36-41,54H2/t49-,50+,51-,52-/m1/s1. The summed E-state index contributed by atoms with van der Waals surface area (Å²) in [5.74, 6) is 0. The Kier molecular flexibility index (Phi) is 15.4. The van der Waals surface area contributed by atoms with E-state index in [1.165, 1.54) is 0 Å². The number of rotatable bonds is 22. The van der Waals surface area contributed by atoms with Gasteiger partial charge in [0.05, 0.1) is 45.7 Å². The van der Waals surface area contributed by atoms with Gasteiger partial charge in [-0.25, -0.2) is 0 Å². The molecule has 0 saturated carbocycles. The smallest absolute Gasteiger partial charge is 0.143 e. The average molecular weight is 784 g/mol. The Balaban J connectivity index is 1.29. The summed E-state index contributed by atoms with van der Waals surface area (Å²) in [6, 6.07) is 71.1. The van der Waals surface area contributed by atoms with E-state index in [-0.39, 0.29) is 13.2 Å². The predicted molar refractivity (Wildman–Crippen MR) is 234 cm³/mol. The Morgan fingerprint density at radius 1 is 0.356 bits per heavy atom. The van der Waals surface area contributed by atoms with E-state index in [9.17, 15) is 0 Å². The summed E-state index contributed by atoms with van der Waals surface area (Å²) in [7, 11) is 0. The highest BCUT2D eigenvalue weighted by atomic mass is 16.6. The van der Waals surface area contributed by atoms with Crippen LogP contribution in [0.4, 0.5) is 0 Å². The first-order valence-corrected chi connectivity index (χ1v) is 20.3. The second-order valence-electron chi connectivity index (χ2n) is 14.6. The normalized spacial score (nSPS) is 13.6. The number of benzene rings is 7. The van der Waals surface area contributed by atoms with E-state index in [1.807, 2.05) is 103 Å². The molecule has 7 aromatic carbocycles. The third-order valence-corrected chi connectivity index (χ3v) is 10.4. The van der Waals surface area contributed by atoms with Crippen molar-refractivity contribution in [2.24, 2.45) is 5.73 Å². The van der Waals surface area contributed by atoms with E-state index in [2.05, 4.69) is 109 Å². The van der Waals surface area contributed by atoms with Gasteiger partial charge >= 0.3 is 0 Å². The molecule has 300 valence electrons. The van der Waals surface area contributed by atoms with Crippen molar-refractivity contribution in [2.75, 3.05) is 13.2 Å².